The lowest BCUT2D eigenvalue weighted by Crippen LogP contribution is -1.86. The van der Waals surface area contributed by atoms with E-state index in [2.05, 4.69) is 48.3 Å². The molecule has 0 radical (unpaired) electrons. The fourth-order valence-electron chi connectivity index (χ4n) is 2.24. The van der Waals surface area contributed by atoms with Crippen LogP contribution in [0.1, 0.15) is 5.56 Å². The molecule has 0 aliphatic carbocycles. The summed E-state index contributed by atoms with van der Waals surface area (Å²) in [6.45, 7) is 2.09. The highest BCUT2D eigenvalue weighted by Gasteiger charge is 2.02. The van der Waals surface area contributed by atoms with Crippen LogP contribution in [0.3, 0.4) is 0 Å². The molecule has 0 aliphatic rings. The number of rotatable bonds is 3. The number of methoxy groups -OCH3 is 1. The molecule has 2 heteroatoms. The minimum absolute atomic E-state index is 0.864. The molecule has 2 nitrogen and oxygen atoms in total. The van der Waals surface area contributed by atoms with Gasteiger partial charge in [-0.25, -0.2) is 0 Å². The third-order valence-electron chi connectivity index (χ3n) is 3.53. The van der Waals surface area contributed by atoms with Crippen LogP contribution in [0.4, 0.5) is 0 Å². The molecule has 0 saturated heterocycles. The molecule has 0 spiro atoms. The van der Waals surface area contributed by atoms with E-state index in [1.807, 2.05) is 30.5 Å². The van der Waals surface area contributed by atoms with E-state index in [9.17, 15) is 0 Å². The van der Waals surface area contributed by atoms with E-state index >= 15 is 0 Å². The predicted octanol–water partition coefficient (Wildman–Crippen LogP) is 4.73. The normalized spacial score (nSPS) is 10.4. The van der Waals surface area contributed by atoms with E-state index < -0.39 is 0 Å². The molecule has 0 aliphatic heterocycles. The van der Waals surface area contributed by atoms with Gasteiger partial charge in [0.05, 0.1) is 12.8 Å². The molecule has 1 aromatic heterocycles. The van der Waals surface area contributed by atoms with Gasteiger partial charge in [0, 0.05) is 17.3 Å². The monoisotopic (exact) mass is 275 g/mol. The van der Waals surface area contributed by atoms with Gasteiger partial charge in [-0.15, -0.1) is 0 Å². The average molecular weight is 275 g/mol. The Hall–Kier alpha value is -2.61. The molecule has 3 aromatic rings. The maximum atomic E-state index is 5.18. The number of nitrogens with zero attached hydrogens (tertiary/aromatic N) is 1. The standard InChI is InChI=1S/C19H17NO/c1-14-3-5-16(6-4-14)19-12-9-17(13-20-19)15-7-10-18(21-2)11-8-15/h3-13H,1-2H3. The Labute approximate surface area is 125 Å². The minimum atomic E-state index is 0.864. The van der Waals surface area contributed by atoms with Crippen LogP contribution >= 0.6 is 0 Å². The van der Waals surface area contributed by atoms with Crippen LogP contribution < -0.4 is 4.74 Å². The molecule has 1 heterocycles. The summed E-state index contributed by atoms with van der Waals surface area (Å²) >= 11 is 0. The summed E-state index contributed by atoms with van der Waals surface area (Å²) < 4.78 is 5.18. The Balaban J connectivity index is 1.87. The van der Waals surface area contributed by atoms with E-state index in [-0.39, 0.29) is 0 Å². The summed E-state index contributed by atoms with van der Waals surface area (Å²) in [5.41, 5.74) is 5.63. The SMILES string of the molecule is COc1ccc(-c2ccc(-c3ccc(C)cc3)nc2)cc1. The zero-order valence-corrected chi connectivity index (χ0v) is 12.2. The van der Waals surface area contributed by atoms with Crippen LogP contribution in [0.5, 0.6) is 5.75 Å². The Bertz CT molecular complexity index is 713. The lowest BCUT2D eigenvalue weighted by atomic mass is 10.1. The molecule has 21 heavy (non-hydrogen) atoms. The van der Waals surface area contributed by atoms with Crippen molar-refractivity contribution in [3.63, 3.8) is 0 Å². The Morgan fingerprint density at radius 3 is 1.90 bits per heavy atom. The second kappa shape index (κ2) is 5.80. The lowest BCUT2D eigenvalue weighted by Gasteiger charge is -2.05. The van der Waals surface area contributed by atoms with Crippen LogP contribution in [0, 0.1) is 6.92 Å². The van der Waals surface area contributed by atoms with Gasteiger partial charge in [0.25, 0.3) is 0 Å². The van der Waals surface area contributed by atoms with E-state index in [0.717, 1.165) is 28.1 Å². The number of hydrogen-bond acceptors (Lipinski definition) is 2. The summed E-state index contributed by atoms with van der Waals surface area (Å²) in [5, 5.41) is 0. The van der Waals surface area contributed by atoms with Crippen molar-refractivity contribution in [2.24, 2.45) is 0 Å². The Kier molecular flexibility index (Phi) is 3.69. The highest BCUT2D eigenvalue weighted by molar-refractivity contribution is 5.67. The third kappa shape index (κ3) is 2.95. The van der Waals surface area contributed by atoms with E-state index in [1.54, 1.807) is 7.11 Å². The predicted molar refractivity (Wildman–Crippen MR) is 86.4 cm³/mol. The molecule has 2 aromatic carbocycles. The molecule has 0 amide bonds. The van der Waals surface area contributed by atoms with Crippen molar-refractivity contribution >= 4 is 0 Å². The molecule has 0 fully saturated rings. The van der Waals surface area contributed by atoms with Gasteiger partial charge in [-0.2, -0.15) is 0 Å². The molecule has 0 N–H and O–H groups in total. The Morgan fingerprint density at radius 1 is 0.714 bits per heavy atom. The molecular formula is C19H17NO. The second-order valence-electron chi connectivity index (χ2n) is 5.03. The molecule has 104 valence electrons. The highest BCUT2D eigenvalue weighted by atomic mass is 16.5. The maximum Gasteiger partial charge on any atom is 0.118 e. The molecular weight excluding hydrogens is 258 g/mol. The average Bonchev–Trinajstić information content (AvgIpc) is 2.56. The van der Waals surface area contributed by atoms with Crippen LogP contribution in [0.15, 0.2) is 66.9 Å². The van der Waals surface area contributed by atoms with Gasteiger partial charge in [0.1, 0.15) is 5.75 Å². The number of aryl methyl sites for hydroxylation is 1. The van der Waals surface area contributed by atoms with Crippen molar-refractivity contribution < 1.29 is 4.74 Å². The smallest absolute Gasteiger partial charge is 0.118 e. The zero-order chi connectivity index (χ0) is 14.7. The van der Waals surface area contributed by atoms with Crippen molar-refractivity contribution in [2.45, 2.75) is 6.92 Å². The van der Waals surface area contributed by atoms with Gasteiger partial charge in [-0.3, -0.25) is 4.98 Å². The van der Waals surface area contributed by atoms with Crippen LogP contribution in [-0.2, 0) is 0 Å². The summed E-state index contributed by atoms with van der Waals surface area (Å²) in [4.78, 5) is 4.57. The van der Waals surface area contributed by atoms with Gasteiger partial charge in [0.15, 0.2) is 0 Å². The first-order chi connectivity index (χ1) is 10.3. The summed E-state index contributed by atoms with van der Waals surface area (Å²) in [6.07, 6.45) is 1.91. The largest absolute Gasteiger partial charge is 0.497 e. The lowest BCUT2D eigenvalue weighted by molar-refractivity contribution is 0.415. The van der Waals surface area contributed by atoms with Crippen LogP contribution in [0.2, 0.25) is 0 Å². The van der Waals surface area contributed by atoms with Gasteiger partial charge < -0.3 is 4.74 Å². The van der Waals surface area contributed by atoms with Gasteiger partial charge >= 0.3 is 0 Å². The van der Waals surface area contributed by atoms with E-state index in [0.29, 0.717) is 0 Å². The number of pyridine rings is 1. The number of aromatic nitrogens is 1. The second-order valence-corrected chi connectivity index (χ2v) is 5.03. The van der Waals surface area contributed by atoms with Crippen molar-refractivity contribution in [1.29, 1.82) is 0 Å². The molecule has 0 bridgehead atoms. The Morgan fingerprint density at radius 2 is 1.33 bits per heavy atom. The van der Waals surface area contributed by atoms with Crippen LogP contribution in [-0.4, -0.2) is 12.1 Å². The van der Waals surface area contributed by atoms with Crippen molar-refractivity contribution in [3.8, 4) is 28.1 Å². The number of benzene rings is 2. The number of hydrogen-bond donors (Lipinski definition) is 0. The first kappa shape index (κ1) is 13.4. The maximum absolute atomic E-state index is 5.18. The molecule has 3 rings (SSSR count). The van der Waals surface area contributed by atoms with E-state index in [1.165, 1.54) is 5.56 Å². The van der Waals surface area contributed by atoms with Crippen molar-refractivity contribution in [2.75, 3.05) is 7.11 Å². The highest BCUT2D eigenvalue weighted by Crippen LogP contribution is 2.24. The summed E-state index contributed by atoms with van der Waals surface area (Å²) in [7, 11) is 1.67. The first-order valence-electron chi connectivity index (χ1n) is 6.94. The summed E-state index contributed by atoms with van der Waals surface area (Å²) in [6, 6.07) is 20.6. The van der Waals surface area contributed by atoms with Gasteiger partial charge in [0.2, 0.25) is 0 Å². The first-order valence-corrected chi connectivity index (χ1v) is 6.94. The molecule has 0 atom stereocenters. The quantitative estimate of drug-likeness (QED) is 0.689. The van der Waals surface area contributed by atoms with E-state index in [4.69, 9.17) is 4.74 Å². The van der Waals surface area contributed by atoms with Crippen molar-refractivity contribution in [1.82, 2.24) is 4.98 Å². The fourth-order valence-corrected chi connectivity index (χ4v) is 2.24. The van der Waals surface area contributed by atoms with Gasteiger partial charge in [-0.1, -0.05) is 48.0 Å². The van der Waals surface area contributed by atoms with Gasteiger partial charge in [-0.05, 0) is 30.7 Å². The third-order valence-corrected chi connectivity index (χ3v) is 3.53. The van der Waals surface area contributed by atoms with Crippen LogP contribution in [0.25, 0.3) is 22.4 Å². The molecule has 0 saturated carbocycles. The molecule has 0 unspecified atom stereocenters. The fraction of sp³-hybridized carbons (Fsp3) is 0.105. The minimum Gasteiger partial charge on any atom is -0.497 e. The summed E-state index contributed by atoms with van der Waals surface area (Å²) in [5.74, 6) is 0.864. The van der Waals surface area contributed by atoms with Crippen molar-refractivity contribution in [3.05, 3.63) is 72.4 Å². The topological polar surface area (TPSA) is 22.1 Å². The number of ether oxygens (including phenoxy) is 1. The zero-order valence-electron chi connectivity index (χ0n) is 12.2.